The summed E-state index contributed by atoms with van der Waals surface area (Å²) in [6.07, 6.45) is -3.08. The van der Waals surface area contributed by atoms with Crippen LogP contribution in [0.15, 0.2) is 18.2 Å². The molecule has 20 heavy (non-hydrogen) atoms. The number of ketones is 1. The van der Waals surface area contributed by atoms with Gasteiger partial charge in [0.05, 0.1) is 17.2 Å². The van der Waals surface area contributed by atoms with E-state index in [1.54, 1.807) is 12.1 Å². The van der Waals surface area contributed by atoms with Crippen LogP contribution in [-0.2, 0) is 9.53 Å². The van der Waals surface area contributed by atoms with Crippen LogP contribution in [0.1, 0.15) is 35.3 Å². The lowest BCUT2D eigenvalue weighted by Gasteiger charge is -2.11. The number of halogens is 1. The van der Waals surface area contributed by atoms with Gasteiger partial charge in [0, 0.05) is 5.56 Å². The summed E-state index contributed by atoms with van der Waals surface area (Å²) in [4.78, 5) is 23.2. The van der Waals surface area contributed by atoms with Gasteiger partial charge in [-0.1, -0.05) is 6.07 Å². The molecule has 1 aromatic rings. The van der Waals surface area contributed by atoms with Crippen LogP contribution in [0, 0.1) is 22.7 Å². The van der Waals surface area contributed by atoms with E-state index in [0.29, 0.717) is 0 Å². The number of Topliss-reactive ketones (excluding diaryl/α,β-unsaturated/α-hetero) is 1. The van der Waals surface area contributed by atoms with Crippen molar-refractivity contribution in [1.82, 2.24) is 0 Å². The van der Waals surface area contributed by atoms with E-state index in [1.165, 1.54) is 32.0 Å². The Bertz CT molecular complexity index is 626. The molecule has 1 rings (SSSR count). The van der Waals surface area contributed by atoms with Crippen molar-refractivity contribution in [1.29, 1.82) is 10.5 Å². The number of hydrogen-bond acceptors (Lipinski definition) is 5. The Labute approximate surface area is 115 Å². The molecule has 0 saturated carbocycles. The standard InChI is InChI=1S/C14H11FN2O3/c1-8(2)20-14(19)12(15)13(18)10-5-3-4-9(6-16)11(10)7-17/h3-5,8,12H,1-2H3. The third-order valence-electron chi connectivity index (χ3n) is 2.35. The summed E-state index contributed by atoms with van der Waals surface area (Å²) in [5, 5.41) is 17.8. The number of hydrogen-bond donors (Lipinski definition) is 0. The summed E-state index contributed by atoms with van der Waals surface area (Å²) in [5.74, 6) is -2.50. The van der Waals surface area contributed by atoms with E-state index < -0.39 is 24.0 Å². The van der Waals surface area contributed by atoms with E-state index >= 15 is 0 Å². The lowest BCUT2D eigenvalue weighted by molar-refractivity contribution is -0.151. The monoisotopic (exact) mass is 274 g/mol. The highest BCUT2D eigenvalue weighted by Crippen LogP contribution is 2.17. The molecule has 1 aromatic carbocycles. The summed E-state index contributed by atoms with van der Waals surface area (Å²) >= 11 is 0. The van der Waals surface area contributed by atoms with Crippen LogP contribution < -0.4 is 0 Å². The molecule has 0 aliphatic carbocycles. The second-order valence-corrected chi connectivity index (χ2v) is 4.16. The molecule has 0 fully saturated rings. The van der Waals surface area contributed by atoms with Crippen molar-refractivity contribution < 1.29 is 18.7 Å². The van der Waals surface area contributed by atoms with Gasteiger partial charge in [-0.2, -0.15) is 10.5 Å². The van der Waals surface area contributed by atoms with Crippen LogP contribution in [0.3, 0.4) is 0 Å². The van der Waals surface area contributed by atoms with Gasteiger partial charge in [-0.3, -0.25) is 4.79 Å². The molecule has 0 bridgehead atoms. The van der Waals surface area contributed by atoms with E-state index in [0.717, 1.165) is 0 Å². The SMILES string of the molecule is CC(C)OC(=O)C(F)C(=O)c1cccc(C#N)c1C#N. The normalized spacial score (nSPS) is 11.3. The van der Waals surface area contributed by atoms with Gasteiger partial charge in [0.25, 0.3) is 6.17 Å². The molecule has 1 unspecified atom stereocenters. The smallest absolute Gasteiger partial charge is 0.349 e. The average Bonchev–Trinajstić information content (AvgIpc) is 2.43. The van der Waals surface area contributed by atoms with Crippen LogP contribution in [0.2, 0.25) is 0 Å². The molecule has 0 spiro atoms. The fourth-order valence-electron chi connectivity index (χ4n) is 1.51. The Balaban J connectivity index is 3.14. The number of carbonyl (C=O) groups excluding carboxylic acids is 2. The Morgan fingerprint density at radius 2 is 1.90 bits per heavy atom. The number of alkyl halides is 1. The molecule has 1 atom stereocenters. The zero-order valence-electron chi connectivity index (χ0n) is 10.9. The van der Waals surface area contributed by atoms with Gasteiger partial charge in [0.1, 0.15) is 12.1 Å². The molecular formula is C14H11FN2O3. The number of rotatable bonds is 4. The van der Waals surface area contributed by atoms with Gasteiger partial charge in [-0.15, -0.1) is 0 Å². The van der Waals surface area contributed by atoms with Crippen molar-refractivity contribution in [2.75, 3.05) is 0 Å². The molecule has 0 heterocycles. The van der Waals surface area contributed by atoms with Gasteiger partial charge < -0.3 is 4.74 Å². The summed E-state index contributed by atoms with van der Waals surface area (Å²) in [6.45, 7) is 3.04. The lowest BCUT2D eigenvalue weighted by atomic mass is 9.97. The number of nitrogens with zero attached hydrogens (tertiary/aromatic N) is 2. The first-order valence-corrected chi connectivity index (χ1v) is 5.74. The van der Waals surface area contributed by atoms with Gasteiger partial charge in [0.2, 0.25) is 5.78 Å². The zero-order chi connectivity index (χ0) is 15.3. The maximum atomic E-state index is 13.8. The highest BCUT2D eigenvalue weighted by molar-refractivity contribution is 6.12. The number of nitriles is 2. The maximum Gasteiger partial charge on any atom is 0.349 e. The quantitative estimate of drug-likeness (QED) is 0.475. The van der Waals surface area contributed by atoms with Gasteiger partial charge in [-0.25, -0.2) is 9.18 Å². The third-order valence-corrected chi connectivity index (χ3v) is 2.35. The number of benzene rings is 1. The predicted molar refractivity (Wildman–Crippen MR) is 66.3 cm³/mol. The highest BCUT2D eigenvalue weighted by atomic mass is 19.1. The molecule has 5 nitrogen and oxygen atoms in total. The van der Waals surface area contributed by atoms with Crippen molar-refractivity contribution in [2.24, 2.45) is 0 Å². The first-order chi connectivity index (χ1) is 9.42. The number of carbonyl (C=O) groups is 2. The van der Waals surface area contributed by atoms with Crippen LogP contribution >= 0.6 is 0 Å². The van der Waals surface area contributed by atoms with E-state index in [9.17, 15) is 14.0 Å². The molecule has 0 aliphatic rings. The minimum Gasteiger partial charge on any atom is -0.460 e. The van der Waals surface area contributed by atoms with Crippen molar-refractivity contribution in [2.45, 2.75) is 26.1 Å². The molecule has 0 saturated heterocycles. The van der Waals surface area contributed by atoms with E-state index in [1.807, 2.05) is 0 Å². The zero-order valence-corrected chi connectivity index (χ0v) is 10.9. The first-order valence-electron chi connectivity index (χ1n) is 5.74. The molecule has 0 amide bonds. The van der Waals surface area contributed by atoms with Crippen molar-refractivity contribution in [3.8, 4) is 12.1 Å². The van der Waals surface area contributed by atoms with Crippen molar-refractivity contribution in [3.63, 3.8) is 0 Å². The highest BCUT2D eigenvalue weighted by Gasteiger charge is 2.31. The van der Waals surface area contributed by atoms with Crippen LogP contribution in [0.25, 0.3) is 0 Å². The Morgan fingerprint density at radius 3 is 2.40 bits per heavy atom. The second-order valence-electron chi connectivity index (χ2n) is 4.16. The Morgan fingerprint density at radius 1 is 1.25 bits per heavy atom. The van der Waals surface area contributed by atoms with E-state index in [-0.39, 0.29) is 16.7 Å². The lowest BCUT2D eigenvalue weighted by Crippen LogP contribution is -2.30. The molecule has 0 aromatic heterocycles. The summed E-state index contributed by atoms with van der Waals surface area (Å²) in [5.41, 5.74) is -0.609. The molecule has 0 N–H and O–H groups in total. The Kier molecular flexibility index (Phi) is 4.94. The topological polar surface area (TPSA) is 90.9 Å². The molecular weight excluding hydrogens is 263 g/mol. The molecule has 6 heteroatoms. The Hall–Kier alpha value is -2.73. The maximum absolute atomic E-state index is 13.8. The fourth-order valence-corrected chi connectivity index (χ4v) is 1.51. The fraction of sp³-hybridized carbons (Fsp3) is 0.286. The van der Waals surface area contributed by atoms with Crippen molar-refractivity contribution in [3.05, 3.63) is 34.9 Å². The van der Waals surface area contributed by atoms with Gasteiger partial charge in [0.15, 0.2) is 0 Å². The average molecular weight is 274 g/mol. The van der Waals surface area contributed by atoms with Crippen LogP contribution in [0.4, 0.5) is 4.39 Å². The van der Waals surface area contributed by atoms with Gasteiger partial charge in [-0.05, 0) is 26.0 Å². The van der Waals surface area contributed by atoms with Crippen molar-refractivity contribution >= 4 is 11.8 Å². The van der Waals surface area contributed by atoms with Crippen LogP contribution in [-0.4, -0.2) is 24.0 Å². The third kappa shape index (κ3) is 3.18. The summed E-state index contributed by atoms with van der Waals surface area (Å²) in [6, 6.07) is 7.26. The minimum atomic E-state index is -2.52. The second kappa shape index (κ2) is 6.44. The van der Waals surface area contributed by atoms with E-state index in [2.05, 4.69) is 4.74 Å². The summed E-state index contributed by atoms with van der Waals surface area (Å²) < 4.78 is 18.4. The largest absolute Gasteiger partial charge is 0.460 e. The van der Waals surface area contributed by atoms with Gasteiger partial charge >= 0.3 is 5.97 Å². The number of esters is 1. The predicted octanol–water partition coefficient (Wildman–Crippen LogP) is 1.90. The molecule has 102 valence electrons. The molecule has 0 aliphatic heterocycles. The summed E-state index contributed by atoms with van der Waals surface area (Å²) in [7, 11) is 0. The molecule has 0 radical (unpaired) electrons. The van der Waals surface area contributed by atoms with E-state index in [4.69, 9.17) is 10.5 Å². The van der Waals surface area contributed by atoms with Crippen LogP contribution in [0.5, 0.6) is 0 Å². The number of ether oxygens (including phenoxy) is 1. The minimum absolute atomic E-state index is 0.0530. The first kappa shape index (κ1) is 15.3.